The third-order valence-electron chi connectivity index (χ3n) is 1.42. The first-order chi connectivity index (χ1) is 5.54. The van der Waals surface area contributed by atoms with E-state index in [4.69, 9.17) is 25.5 Å². The molecule has 0 spiro atoms. The molecule has 0 unspecified atom stereocenters. The molecule has 0 aromatic carbocycles. The second-order valence-corrected chi connectivity index (χ2v) is 2.36. The average molecular weight is 377 g/mol. The minimum Gasteiger partial charge on any atom is -0.394 e. The Morgan fingerprint density at radius 3 is 1.85 bits per heavy atom. The molecule has 0 aliphatic heterocycles. The SMILES string of the molecule is O=C[C@H](O)[C@@H](O)[C@@H](O)[C@H](O)CO.[Au]. The van der Waals surface area contributed by atoms with Gasteiger partial charge in [0.2, 0.25) is 0 Å². The Hall–Kier alpha value is 0.210. The van der Waals surface area contributed by atoms with Crippen molar-refractivity contribution in [1.29, 1.82) is 0 Å². The van der Waals surface area contributed by atoms with Gasteiger partial charge in [0.25, 0.3) is 0 Å². The fourth-order valence-corrected chi connectivity index (χ4v) is 0.618. The molecule has 0 aliphatic carbocycles. The van der Waals surface area contributed by atoms with E-state index in [2.05, 4.69) is 0 Å². The quantitative estimate of drug-likeness (QED) is 0.252. The molecule has 1 radical (unpaired) electrons. The molecule has 83 valence electrons. The maximum atomic E-state index is 9.90. The molecule has 0 saturated heterocycles. The second kappa shape index (κ2) is 7.60. The number of aliphatic hydroxyl groups excluding tert-OH is 5. The first kappa shape index (κ1) is 15.7. The Bertz CT molecular complexity index is 143. The first-order valence-electron chi connectivity index (χ1n) is 3.33. The van der Waals surface area contributed by atoms with Crippen LogP contribution in [0.3, 0.4) is 0 Å². The minimum absolute atomic E-state index is 0. The molecule has 0 fully saturated rings. The fourth-order valence-electron chi connectivity index (χ4n) is 0.618. The Morgan fingerprint density at radius 1 is 1.08 bits per heavy atom. The van der Waals surface area contributed by atoms with Gasteiger partial charge in [0, 0.05) is 22.4 Å². The van der Waals surface area contributed by atoms with Crippen molar-refractivity contribution in [2.24, 2.45) is 0 Å². The molecule has 0 aliphatic rings. The van der Waals surface area contributed by atoms with Crippen molar-refractivity contribution < 1.29 is 52.7 Å². The van der Waals surface area contributed by atoms with Crippen LogP contribution in [0.1, 0.15) is 0 Å². The predicted molar refractivity (Wildman–Crippen MR) is 37.2 cm³/mol. The summed E-state index contributed by atoms with van der Waals surface area (Å²) in [5.41, 5.74) is 0. The average Bonchev–Trinajstić information content (AvgIpc) is 2.12. The first-order valence-corrected chi connectivity index (χ1v) is 3.33. The van der Waals surface area contributed by atoms with Crippen LogP contribution in [0.15, 0.2) is 0 Å². The van der Waals surface area contributed by atoms with Crippen LogP contribution >= 0.6 is 0 Å². The van der Waals surface area contributed by atoms with Crippen LogP contribution in [0.25, 0.3) is 0 Å². The smallest absolute Gasteiger partial charge is 0.151 e. The van der Waals surface area contributed by atoms with Gasteiger partial charge in [-0.2, -0.15) is 0 Å². The zero-order valence-corrected chi connectivity index (χ0v) is 8.71. The van der Waals surface area contributed by atoms with Crippen LogP contribution in [-0.2, 0) is 27.2 Å². The summed E-state index contributed by atoms with van der Waals surface area (Å²) in [7, 11) is 0. The van der Waals surface area contributed by atoms with Crippen LogP contribution in [0.2, 0.25) is 0 Å². The van der Waals surface area contributed by atoms with E-state index in [1.807, 2.05) is 0 Å². The summed E-state index contributed by atoms with van der Waals surface area (Å²) in [5, 5.41) is 43.5. The third-order valence-corrected chi connectivity index (χ3v) is 1.42. The summed E-state index contributed by atoms with van der Waals surface area (Å²) in [6.07, 6.45) is -6.84. The summed E-state index contributed by atoms with van der Waals surface area (Å²) in [5.74, 6) is 0. The molecular formula is C6H12AuO6. The minimum atomic E-state index is -1.79. The Balaban J connectivity index is 0. The summed E-state index contributed by atoms with van der Waals surface area (Å²) >= 11 is 0. The van der Waals surface area contributed by atoms with Crippen molar-refractivity contribution in [3.05, 3.63) is 0 Å². The van der Waals surface area contributed by atoms with Crippen LogP contribution in [0, 0.1) is 0 Å². The molecule has 4 atom stereocenters. The summed E-state index contributed by atoms with van der Waals surface area (Å²) in [6.45, 7) is -0.760. The van der Waals surface area contributed by atoms with Gasteiger partial charge in [0.1, 0.15) is 24.4 Å². The van der Waals surface area contributed by atoms with E-state index >= 15 is 0 Å². The molecule has 13 heavy (non-hydrogen) atoms. The van der Waals surface area contributed by atoms with Crippen LogP contribution in [0.4, 0.5) is 0 Å². The molecule has 7 heteroatoms. The Morgan fingerprint density at radius 2 is 1.54 bits per heavy atom. The molecule has 0 amide bonds. The number of hydrogen-bond acceptors (Lipinski definition) is 6. The number of aliphatic hydroxyl groups is 5. The standard InChI is InChI=1S/C6H12O6.Au/c7-1-3(9)5(11)6(12)4(10)2-8;/h1,3-6,8-12H,2H2;/t3-,4+,5+,6-;/m0./s1. The van der Waals surface area contributed by atoms with Gasteiger partial charge in [-0.05, 0) is 0 Å². The summed E-state index contributed by atoms with van der Waals surface area (Å²) in [4.78, 5) is 9.90. The van der Waals surface area contributed by atoms with Gasteiger partial charge < -0.3 is 30.3 Å². The largest absolute Gasteiger partial charge is 0.394 e. The molecular weight excluding hydrogens is 365 g/mol. The van der Waals surface area contributed by atoms with Crippen molar-refractivity contribution in [2.45, 2.75) is 24.4 Å². The maximum absolute atomic E-state index is 9.90. The normalized spacial score (nSPS) is 19.5. The van der Waals surface area contributed by atoms with E-state index in [9.17, 15) is 4.79 Å². The van der Waals surface area contributed by atoms with E-state index in [-0.39, 0.29) is 28.7 Å². The van der Waals surface area contributed by atoms with Crippen LogP contribution in [0.5, 0.6) is 0 Å². The Labute approximate surface area is 90.3 Å². The van der Waals surface area contributed by atoms with Gasteiger partial charge >= 0.3 is 0 Å². The molecule has 0 aromatic rings. The zero-order chi connectivity index (χ0) is 9.72. The number of aldehydes is 1. The van der Waals surface area contributed by atoms with Crippen molar-refractivity contribution in [1.82, 2.24) is 0 Å². The van der Waals surface area contributed by atoms with Gasteiger partial charge in [-0.1, -0.05) is 0 Å². The molecule has 0 heterocycles. The number of rotatable bonds is 5. The molecule has 0 saturated carbocycles. The number of carbonyl (C=O) groups excluding carboxylic acids is 1. The molecule has 0 bridgehead atoms. The summed E-state index contributed by atoms with van der Waals surface area (Å²) in [6, 6.07) is 0. The van der Waals surface area contributed by atoms with E-state index in [0.717, 1.165) is 0 Å². The summed E-state index contributed by atoms with van der Waals surface area (Å²) < 4.78 is 0. The van der Waals surface area contributed by atoms with Crippen LogP contribution in [-0.4, -0.2) is 62.8 Å². The zero-order valence-electron chi connectivity index (χ0n) is 6.54. The van der Waals surface area contributed by atoms with E-state index < -0.39 is 31.0 Å². The molecule has 0 rings (SSSR count). The molecule has 0 aromatic heterocycles. The number of carbonyl (C=O) groups is 1. The van der Waals surface area contributed by atoms with E-state index in [1.54, 1.807) is 0 Å². The monoisotopic (exact) mass is 377 g/mol. The van der Waals surface area contributed by atoms with Crippen molar-refractivity contribution >= 4 is 6.29 Å². The number of hydrogen-bond donors (Lipinski definition) is 5. The predicted octanol–water partition coefficient (Wildman–Crippen LogP) is -3.38. The van der Waals surface area contributed by atoms with Gasteiger partial charge in [-0.3, -0.25) is 0 Å². The van der Waals surface area contributed by atoms with Gasteiger partial charge in [-0.15, -0.1) is 0 Å². The van der Waals surface area contributed by atoms with Gasteiger partial charge in [-0.25, -0.2) is 0 Å². The van der Waals surface area contributed by atoms with Crippen molar-refractivity contribution in [3.8, 4) is 0 Å². The van der Waals surface area contributed by atoms with Crippen molar-refractivity contribution in [2.75, 3.05) is 6.61 Å². The maximum Gasteiger partial charge on any atom is 0.151 e. The fraction of sp³-hybridized carbons (Fsp3) is 0.833. The van der Waals surface area contributed by atoms with E-state index in [0.29, 0.717) is 0 Å². The molecule has 6 nitrogen and oxygen atoms in total. The van der Waals surface area contributed by atoms with E-state index in [1.165, 1.54) is 0 Å². The van der Waals surface area contributed by atoms with Gasteiger partial charge in [0.05, 0.1) is 6.61 Å². The third kappa shape index (κ3) is 4.84. The topological polar surface area (TPSA) is 118 Å². The molecule has 5 N–H and O–H groups in total. The Kier molecular flexibility index (Phi) is 9.16. The van der Waals surface area contributed by atoms with Crippen molar-refractivity contribution in [3.63, 3.8) is 0 Å². The second-order valence-electron chi connectivity index (χ2n) is 2.36. The van der Waals surface area contributed by atoms with Crippen LogP contribution < -0.4 is 0 Å². The van der Waals surface area contributed by atoms with Gasteiger partial charge in [0.15, 0.2) is 6.29 Å².